The minimum atomic E-state index is -0.423. The van der Waals surface area contributed by atoms with Crippen LogP contribution in [0.4, 0.5) is 5.69 Å². The maximum atomic E-state index is 11.2. The van der Waals surface area contributed by atoms with Crippen molar-refractivity contribution in [3.8, 4) is 5.75 Å². The molecule has 0 aliphatic heterocycles. The molecule has 0 saturated heterocycles. The van der Waals surface area contributed by atoms with Crippen molar-refractivity contribution >= 4 is 11.6 Å². The van der Waals surface area contributed by atoms with Gasteiger partial charge in [0.05, 0.1) is 12.8 Å². The van der Waals surface area contributed by atoms with Crippen LogP contribution in [-0.2, 0) is 0 Å². The first kappa shape index (κ1) is 15.3. The zero-order chi connectivity index (χ0) is 14.3. The van der Waals surface area contributed by atoms with E-state index in [0.717, 1.165) is 37.1 Å². The first-order chi connectivity index (χ1) is 9.12. The molecule has 106 valence electrons. The smallest absolute Gasteiger partial charge is 0.248 e. The van der Waals surface area contributed by atoms with Crippen LogP contribution in [0.3, 0.4) is 0 Å². The van der Waals surface area contributed by atoms with E-state index in [2.05, 4.69) is 19.2 Å². The standard InChI is InChI=1S/C15H24N2O2/c1-4-6-12(7-5-2)17-13-10-11(15(16)18)8-9-14(13)19-3/h8-10,12,17H,4-7H2,1-3H3,(H2,16,18). The average molecular weight is 264 g/mol. The van der Waals surface area contributed by atoms with E-state index in [-0.39, 0.29) is 0 Å². The third kappa shape index (κ3) is 4.47. The van der Waals surface area contributed by atoms with E-state index >= 15 is 0 Å². The quantitative estimate of drug-likeness (QED) is 0.758. The fourth-order valence-electron chi connectivity index (χ4n) is 2.18. The van der Waals surface area contributed by atoms with Crippen molar-refractivity contribution in [2.24, 2.45) is 5.73 Å². The summed E-state index contributed by atoms with van der Waals surface area (Å²) in [6.45, 7) is 4.34. The summed E-state index contributed by atoms with van der Waals surface area (Å²) in [5.41, 5.74) is 6.65. The Hall–Kier alpha value is -1.71. The van der Waals surface area contributed by atoms with Gasteiger partial charge in [-0.25, -0.2) is 0 Å². The number of carbonyl (C=O) groups is 1. The second-order valence-electron chi connectivity index (χ2n) is 4.70. The molecule has 1 aromatic rings. The number of hydrogen-bond donors (Lipinski definition) is 2. The number of nitrogens with two attached hydrogens (primary N) is 1. The van der Waals surface area contributed by atoms with Gasteiger partial charge in [-0.3, -0.25) is 4.79 Å². The fraction of sp³-hybridized carbons (Fsp3) is 0.533. The van der Waals surface area contributed by atoms with Gasteiger partial charge in [-0.15, -0.1) is 0 Å². The number of hydrogen-bond acceptors (Lipinski definition) is 3. The monoisotopic (exact) mass is 264 g/mol. The number of amides is 1. The maximum absolute atomic E-state index is 11.2. The van der Waals surface area contributed by atoms with E-state index < -0.39 is 5.91 Å². The summed E-state index contributed by atoms with van der Waals surface area (Å²) in [6, 6.07) is 5.62. The molecule has 0 aliphatic carbocycles. The van der Waals surface area contributed by atoms with Gasteiger partial charge in [0.15, 0.2) is 0 Å². The SMILES string of the molecule is CCCC(CCC)Nc1cc(C(N)=O)ccc1OC. The lowest BCUT2D eigenvalue weighted by Crippen LogP contribution is -2.20. The number of anilines is 1. The lowest BCUT2D eigenvalue weighted by Gasteiger charge is -2.20. The summed E-state index contributed by atoms with van der Waals surface area (Å²) in [5.74, 6) is 0.315. The topological polar surface area (TPSA) is 64.3 Å². The zero-order valence-corrected chi connectivity index (χ0v) is 12.0. The normalized spacial score (nSPS) is 10.5. The van der Waals surface area contributed by atoms with Gasteiger partial charge in [0.2, 0.25) is 5.91 Å². The van der Waals surface area contributed by atoms with Crippen molar-refractivity contribution in [1.29, 1.82) is 0 Å². The van der Waals surface area contributed by atoms with E-state index in [9.17, 15) is 4.79 Å². The van der Waals surface area contributed by atoms with Crippen molar-refractivity contribution in [1.82, 2.24) is 0 Å². The van der Waals surface area contributed by atoms with Gasteiger partial charge in [-0.1, -0.05) is 26.7 Å². The van der Waals surface area contributed by atoms with Gasteiger partial charge < -0.3 is 15.8 Å². The molecule has 0 heterocycles. The Morgan fingerprint density at radius 3 is 2.42 bits per heavy atom. The van der Waals surface area contributed by atoms with Gasteiger partial charge in [0.25, 0.3) is 0 Å². The van der Waals surface area contributed by atoms with E-state index in [0.29, 0.717) is 11.6 Å². The fourth-order valence-corrected chi connectivity index (χ4v) is 2.18. The van der Waals surface area contributed by atoms with Gasteiger partial charge in [-0.05, 0) is 31.0 Å². The van der Waals surface area contributed by atoms with Gasteiger partial charge in [-0.2, -0.15) is 0 Å². The molecule has 0 unspecified atom stereocenters. The van der Waals surface area contributed by atoms with Crippen molar-refractivity contribution in [3.63, 3.8) is 0 Å². The molecule has 0 fully saturated rings. The molecule has 4 heteroatoms. The summed E-state index contributed by atoms with van der Waals surface area (Å²) in [4.78, 5) is 11.2. The Morgan fingerprint density at radius 1 is 1.32 bits per heavy atom. The number of rotatable bonds is 8. The summed E-state index contributed by atoms with van der Waals surface area (Å²) in [5, 5.41) is 3.46. The average Bonchev–Trinajstić information content (AvgIpc) is 2.39. The molecule has 0 bridgehead atoms. The molecule has 0 atom stereocenters. The van der Waals surface area contributed by atoms with Gasteiger partial charge >= 0.3 is 0 Å². The third-order valence-corrected chi connectivity index (χ3v) is 3.12. The van der Waals surface area contributed by atoms with E-state index in [4.69, 9.17) is 10.5 Å². The van der Waals surface area contributed by atoms with Crippen molar-refractivity contribution in [2.75, 3.05) is 12.4 Å². The molecular weight excluding hydrogens is 240 g/mol. The summed E-state index contributed by atoms with van der Waals surface area (Å²) >= 11 is 0. The summed E-state index contributed by atoms with van der Waals surface area (Å²) in [7, 11) is 1.62. The van der Waals surface area contributed by atoms with E-state index in [1.165, 1.54) is 0 Å². The lowest BCUT2D eigenvalue weighted by molar-refractivity contribution is 0.100. The molecule has 0 spiro atoms. The Balaban J connectivity index is 2.94. The molecule has 1 amide bonds. The highest BCUT2D eigenvalue weighted by Crippen LogP contribution is 2.27. The molecule has 19 heavy (non-hydrogen) atoms. The Labute approximate surface area is 115 Å². The first-order valence-electron chi connectivity index (χ1n) is 6.86. The van der Waals surface area contributed by atoms with Crippen molar-refractivity contribution < 1.29 is 9.53 Å². The number of carbonyl (C=O) groups excluding carboxylic acids is 1. The van der Waals surface area contributed by atoms with Crippen LogP contribution < -0.4 is 15.8 Å². The molecule has 0 aliphatic rings. The number of ether oxygens (including phenoxy) is 1. The lowest BCUT2D eigenvalue weighted by atomic mass is 10.1. The van der Waals surface area contributed by atoms with Crippen LogP contribution in [0.5, 0.6) is 5.75 Å². The number of methoxy groups -OCH3 is 1. The van der Waals surface area contributed by atoms with Crippen molar-refractivity contribution in [3.05, 3.63) is 23.8 Å². The van der Waals surface area contributed by atoms with Crippen LogP contribution >= 0.6 is 0 Å². The van der Waals surface area contributed by atoms with Gasteiger partial charge in [0.1, 0.15) is 5.75 Å². The van der Waals surface area contributed by atoms with Crippen LogP contribution in [0, 0.1) is 0 Å². The number of benzene rings is 1. The second kappa shape index (κ2) is 7.67. The molecule has 0 radical (unpaired) electrons. The van der Waals surface area contributed by atoms with Crippen molar-refractivity contribution in [2.45, 2.75) is 45.6 Å². The molecule has 1 rings (SSSR count). The Kier molecular flexibility index (Phi) is 6.19. The van der Waals surface area contributed by atoms with Crippen LogP contribution in [-0.4, -0.2) is 19.1 Å². The summed E-state index contributed by atoms with van der Waals surface area (Å²) in [6.07, 6.45) is 4.43. The minimum Gasteiger partial charge on any atom is -0.495 e. The molecule has 4 nitrogen and oxygen atoms in total. The molecule has 3 N–H and O–H groups in total. The predicted octanol–water partition coefficient (Wildman–Crippen LogP) is 3.17. The molecule has 0 saturated carbocycles. The van der Waals surface area contributed by atoms with Crippen LogP contribution in [0.25, 0.3) is 0 Å². The highest BCUT2D eigenvalue weighted by molar-refractivity contribution is 5.94. The van der Waals surface area contributed by atoms with E-state index in [1.54, 1.807) is 25.3 Å². The minimum absolute atomic E-state index is 0.395. The highest BCUT2D eigenvalue weighted by Gasteiger charge is 2.12. The largest absolute Gasteiger partial charge is 0.495 e. The predicted molar refractivity (Wildman–Crippen MR) is 78.7 cm³/mol. The van der Waals surface area contributed by atoms with Gasteiger partial charge in [0, 0.05) is 11.6 Å². The zero-order valence-electron chi connectivity index (χ0n) is 12.0. The Bertz CT molecular complexity index is 413. The van der Waals surface area contributed by atoms with Crippen LogP contribution in [0.15, 0.2) is 18.2 Å². The van der Waals surface area contributed by atoms with Crippen LogP contribution in [0.2, 0.25) is 0 Å². The first-order valence-corrected chi connectivity index (χ1v) is 6.86. The number of nitrogens with one attached hydrogen (secondary N) is 1. The van der Waals surface area contributed by atoms with E-state index in [1.807, 2.05) is 0 Å². The molecule has 1 aromatic carbocycles. The maximum Gasteiger partial charge on any atom is 0.248 e. The highest BCUT2D eigenvalue weighted by atomic mass is 16.5. The van der Waals surface area contributed by atoms with Crippen LogP contribution in [0.1, 0.15) is 49.9 Å². The Morgan fingerprint density at radius 2 is 1.95 bits per heavy atom. The number of primary amides is 1. The third-order valence-electron chi connectivity index (χ3n) is 3.12. The summed E-state index contributed by atoms with van der Waals surface area (Å²) < 4.78 is 5.32. The second-order valence-corrected chi connectivity index (χ2v) is 4.70. The molecule has 0 aromatic heterocycles. The molecular formula is C15H24N2O2.